The number of amides is 2. The summed E-state index contributed by atoms with van der Waals surface area (Å²) in [7, 11) is 0. The molecule has 0 spiro atoms. The van der Waals surface area contributed by atoms with Gasteiger partial charge >= 0.3 is 0 Å². The second-order valence-electron chi connectivity index (χ2n) is 7.54. The minimum absolute atomic E-state index is 0.0137. The first-order valence-electron chi connectivity index (χ1n) is 9.79. The highest BCUT2D eigenvalue weighted by Crippen LogP contribution is 2.29. The number of benzene rings is 1. The van der Waals surface area contributed by atoms with Gasteiger partial charge in [0, 0.05) is 48.4 Å². The fraction of sp³-hybridized carbons (Fsp3) is 0.364. The smallest absolute Gasteiger partial charge is 0.220 e. The highest BCUT2D eigenvalue weighted by atomic mass is 16.3. The lowest BCUT2D eigenvalue weighted by molar-refractivity contribution is -0.122. The van der Waals surface area contributed by atoms with E-state index in [9.17, 15) is 9.59 Å². The number of furan rings is 1. The molecule has 1 aliphatic heterocycles. The van der Waals surface area contributed by atoms with Gasteiger partial charge in [-0.1, -0.05) is 18.2 Å². The maximum atomic E-state index is 12.4. The van der Waals surface area contributed by atoms with Crippen molar-refractivity contribution >= 4 is 22.7 Å². The quantitative estimate of drug-likeness (QED) is 0.562. The van der Waals surface area contributed by atoms with Gasteiger partial charge in [0.25, 0.3) is 0 Å². The molecule has 4 rings (SSSR count). The van der Waals surface area contributed by atoms with E-state index in [1.54, 1.807) is 6.26 Å². The van der Waals surface area contributed by atoms with Crippen LogP contribution in [0.25, 0.3) is 10.9 Å². The molecule has 1 atom stereocenters. The van der Waals surface area contributed by atoms with E-state index in [2.05, 4.69) is 21.7 Å². The summed E-state index contributed by atoms with van der Waals surface area (Å²) < 4.78 is 5.45. The van der Waals surface area contributed by atoms with E-state index in [0.29, 0.717) is 32.2 Å². The zero-order chi connectivity index (χ0) is 19.4. The molecule has 1 aliphatic rings. The number of hydrogen-bond donors (Lipinski definition) is 3. The Bertz CT molecular complexity index is 960. The molecular weight excluding hydrogens is 354 g/mol. The van der Waals surface area contributed by atoms with E-state index in [0.717, 1.165) is 24.1 Å². The molecule has 6 nitrogen and oxygen atoms in total. The summed E-state index contributed by atoms with van der Waals surface area (Å²) in [4.78, 5) is 27.4. The lowest BCUT2D eigenvalue weighted by Gasteiger charge is -2.28. The number of carbonyl (C=O) groups is 2. The maximum Gasteiger partial charge on any atom is 0.220 e. The van der Waals surface area contributed by atoms with Gasteiger partial charge in [0.2, 0.25) is 11.8 Å². The number of hydrogen-bond acceptors (Lipinski definition) is 3. The van der Waals surface area contributed by atoms with Crippen molar-refractivity contribution in [1.29, 1.82) is 0 Å². The number of aromatic amines is 1. The Morgan fingerprint density at radius 3 is 2.89 bits per heavy atom. The predicted octanol–water partition coefficient (Wildman–Crippen LogP) is 3.09. The minimum Gasteiger partial charge on any atom is -0.469 e. The Labute approximate surface area is 163 Å². The highest BCUT2D eigenvalue weighted by Gasteiger charge is 2.38. The average Bonchev–Trinajstić information content (AvgIpc) is 3.42. The highest BCUT2D eigenvalue weighted by molar-refractivity contribution is 5.83. The van der Waals surface area contributed by atoms with E-state index in [1.807, 2.05) is 36.5 Å². The van der Waals surface area contributed by atoms with E-state index in [-0.39, 0.29) is 17.4 Å². The van der Waals surface area contributed by atoms with Gasteiger partial charge < -0.3 is 20.0 Å². The summed E-state index contributed by atoms with van der Waals surface area (Å²) in [5.41, 5.74) is 1.93. The average molecular weight is 379 g/mol. The summed E-state index contributed by atoms with van der Waals surface area (Å²) in [6, 6.07) is 11.9. The van der Waals surface area contributed by atoms with Crippen LogP contribution in [0.2, 0.25) is 0 Å². The first kappa shape index (κ1) is 18.3. The molecule has 1 saturated heterocycles. The van der Waals surface area contributed by atoms with Gasteiger partial charge in [0.05, 0.1) is 6.26 Å². The van der Waals surface area contributed by atoms with E-state index < -0.39 is 0 Å². The molecule has 0 aliphatic carbocycles. The number of para-hydroxylation sites is 1. The summed E-state index contributed by atoms with van der Waals surface area (Å²) in [5, 5.41) is 7.28. The number of fused-ring (bicyclic) bond motifs is 1. The standard InChI is InChI=1S/C22H25N3O3/c26-20(23-12-9-16-15-24-19-6-2-1-5-18(16)19)7-10-22(11-8-21(27)25-22)14-17-4-3-13-28-17/h1-6,13,15,24H,7-12,14H2,(H,23,26)(H,25,27). The van der Waals surface area contributed by atoms with Gasteiger partial charge in [-0.15, -0.1) is 0 Å². The van der Waals surface area contributed by atoms with Crippen LogP contribution in [-0.4, -0.2) is 28.9 Å². The van der Waals surface area contributed by atoms with Crippen molar-refractivity contribution in [3.63, 3.8) is 0 Å². The zero-order valence-corrected chi connectivity index (χ0v) is 15.8. The van der Waals surface area contributed by atoms with Crippen LogP contribution in [0.3, 0.4) is 0 Å². The third-order valence-corrected chi connectivity index (χ3v) is 5.55. The van der Waals surface area contributed by atoms with Gasteiger partial charge in [-0.05, 0) is 43.0 Å². The largest absolute Gasteiger partial charge is 0.469 e. The Hall–Kier alpha value is -3.02. The Morgan fingerprint density at radius 1 is 1.21 bits per heavy atom. The van der Waals surface area contributed by atoms with Crippen LogP contribution in [0.4, 0.5) is 0 Å². The third-order valence-electron chi connectivity index (χ3n) is 5.55. The molecule has 146 valence electrons. The fourth-order valence-electron chi connectivity index (χ4n) is 4.04. The van der Waals surface area contributed by atoms with Crippen LogP contribution < -0.4 is 10.6 Å². The zero-order valence-electron chi connectivity index (χ0n) is 15.8. The van der Waals surface area contributed by atoms with Gasteiger partial charge in [0.15, 0.2) is 0 Å². The van der Waals surface area contributed by atoms with Crippen molar-refractivity contribution in [2.45, 2.75) is 44.1 Å². The lowest BCUT2D eigenvalue weighted by atomic mass is 9.87. The Morgan fingerprint density at radius 2 is 2.11 bits per heavy atom. The van der Waals surface area contributed by atoms with Crippen molar-refractivity contribution in [3.8, 4) is 0 Å². The summed E-state index contributed by atoms with van der Waals surface area (Å²) in [6.07, 6.45) is 7.27. The third kappa shape index (κ3) is 4.11. The second kappa shape index (κ2) is 7.92. The molecule has 0 radical (unpaired) electrons. The maximum absolute atomic E-state index is 12.4. The van der Waals surface area contributed by atoms with Crippen molar-refractivity contribution in [3.05, 3.63) is 60.2 Å². The van der Waals surface area contributed by atoms with Crippen LogP contribution >= 0.6 is 0 Å². The summed E-state index contributed by atoms with van der Waals surface area (Å²) >= 11 is 0. The first-order valence-corrected chi connectivity index (χ1v) is 9.79. The fourth-order valence-corrected chi connectivity index (χ4v) is 4.04. The number of aromatic nitrogens is 1. The first-order chi connectivity index (χ1) is 13.6. The molecule has 1 unspecified atom stereocenters. The molecular formula is C22H25N3O3. The van der Waals surface area contributed by atoms with Gasteiger partial charge in [-0.3, -0.25) is 9.59 Å². The molecule has 1 aromatic carbocycles. The Kier molecular flexibility index (Phi) is 5.19. The Balaban J connectivity index is 1.28. The van der Waals surface area contributed by atoms with Crippen molar-refractivity contribution in [2.24, 2.45) is 0 Å². The SMILES string of the molecule is O=C(CCC1(Cc2ccco2)CCC(=O)N1)NCCc1c[nH]c2ccccc12. The van der Waals surface area contributed by atoms with Gasteiger partial charge in [-0.2, -0.15) is 0 Å². The minimum atomic E-state index is -0.386. The predicted molar refractivity (Wildman–Crippen MR) is 107 cm³/mol. The number of carbonyl (C=O) groups excluding carboxylic acids is 2. The lowest BCUT2D eigenvalue weighted by Crippen LogP contribution is -2.44. The molecule has 2 amide bonds. The van der Waals surface area contributed by atoms with Crippen LogP contribution in [0.1, 0.15) is 37.0 Å². The molecule has 0 saturated carbocycles. The summed E-state index contributed by atoms with van der Waals surface area (Å²) in [6.45, 7) is 0.595. The van der Waals surface area contributed by atoms with Gasteiger partial charge in [0.1, 0.15) is 5.76 Å². The van der Waals surface area contributed by atoms with Crippen LogP contribution in [0.5, 0.6) is 0 Å². The molecule has 0 bridgehead atoms. The molecule has 3 heterocycles. The van der Waals surface area contributed by atoms with Gasteiger partial charge in [-0.25, -0.2) is 0 Å². The summed E-state index contributed by atoms with van der Waals surface area (Å²) in [5.74, 6) is 0.896. The molecule has 2 aromatic heterocycles. The molecule has 6 heteroatoms. The van der Waals surface area contributed by atoms with Crippen molar-refractivity contribution in [2.75, 3.05) is 6.54 Å². The number of H-pyrrole nitrogens is 1. The molecule has 1 fully saturated rings. The number of nitrogens with one attached hydrogen (secondary N) is 3. The monoisotopic (exact) mass is 379 g/mol. The van der Waals surface area contributed by atoms with Crippen molar-refractivity contribution in [1.82, 2.24) is 15.6 Å². The normalized spacial score (nSPS) is 19.1. The van der Waals surface area contributed by atoms with Crippen LogP contribution in [-0.2, 0) is 22.4 Å². The van der Waals surface area contributed by atoms with E-state index in [4.69, 9.17) is 4.42 Å². The van der Waals surface area contributed by atoms with E-state index >= 15 is 0 Å². The second-order valence-corrected chi connectivity index (χ2v) is 7.54. The molecule has 3 aromatic rings. The van der Waals surface area contributed by atoms with Crippen LogP contribution in [0.15, 0.2) is 53.3 Å². The number of rotatable bonds is 8. The molecule has 3 N–H and O–H groups in total. The van der Waals surface area contributed by atoms with Crippen LogP contribution in [0, 0.1) is 0 Å². The topological polar surface area (TPSA) is 87.1 Å². The van der Waals surface area contributed by atoms with Crippen molar-refractivity contribution < 1.29 is 14.0 Å². The van der Waals surface area contributed by atoms with E-state index in [1.165, 1.54) is 10.9 Å². The molecule has 28 heavy (non-hydrogen) atoms.